The monoisotopic (exact) mass is 246 g/mol. The summed E-state index contributed by atoms with van der Waals surface area (Å²) < 4.78 is 7.37. The van der Waals surface area contributed by atoms with Crippen LogP contribution >= 0.6 is 0 Å². The maximum Gasteiger partial charge on any atom is 0.146 e. The molecule has 1 aromatic heterocycles. The van der Waals surface area contributed by atoms with Crippen molar-refractivity contribution in [1.82, 2.24) is 20.1 Å². The van der Waals surface area contributed by atoms with E-state index in [4.69, 9.17) is 4.74 Å². The molecule has 96 valence electrons. The molecule has 0 atom stereocenters. The van der Waals surface area contributed by atoms with Crippen molar-refractivity contribution in [2.45, 2.75) is 20.0 Å². The van der Waals surface area contributed by atoms with Crippen LogP contribution in [0.2, 0.25) is 0 Å². The fraction of sp³-hybridized carbons (Fsp3) is 0.385. The van der Waals surface area contributed by atoms with E-state index in [0.717, 1.165) is 18.1 Å². The van der Waals surface area contributed by atoms with Gasteiger partial charge in [-0.05, 0) is 24.6 Å². The lowest BCUT2D eigenvalue weighted by atomic mass is 10.2. The first-order valence-electron chi connectivity index (χ1n) is 6.05. The third-order valence-corrected chi connectivity index (χ3v) is 2.63. The molecule has 5 nitrogen and oxygen atoms in total. The summed E-state index contributed by atoms with van der Waals surface area (Å²) in [6, 6.07) is 8.10. The van der Waals surface area contributed by atoms with E-state index in [1.165, 1.54) is 5.56 Å². The number of ether oxygens (including phenoxy) is 1. The largest absolute Gasteiger partial charge is 0.494 e. The Balaban J connectivity index is 1.86. The molecule has 1 N–H and O–H groups in total. The van der Waals surface area contributed by atoms with Gasteiger partial charge >= 0.3 is 0 Å². The van der Waals surface area contributed by atoms with Crippen LogP contribution in [0.3, 0.4) is 0 Å². The van der Waals surface area contributed by atoms with Crippen LogP contribution in [0.1, 0.15) is 18.3 Å². The molecule has 2 rings (SSSR count). The lowest BCUT2D eigenvalue weighted by Crippen LogP contribution is -2.15. The van der Waals surface area contributed by atoms with Gasteiger partial charge in [-0.25, -0.2) is 0 Å². The molecule has 0 bridgehead atoms. The highest BCUT2D eigenvalue weighted by molar-refractivity contribution is 5.28. The third kappa shape index (κ3) is 3.30. The van der Waals surface area contributed by atoms with Crippen molar-refractivity contribution in [3.05, 3.63) is 42.0 Å². The van der Waals surface area contributed by atoms with Crippen LogP contribution in [0.4, 0.5) is 0 Å². The molecule has 0 saturated carbocycles. The molecule has 18 heavy (non-hydrogen) atoms. The minimum Gasteiger partial charge on any atom is -0.494 e. The first kappa shape index (κ1) is 12.6. The van der Waals surface area contributed by atoms with Crippen LogP contribution in [0, 0.1) is 0 Å². The van der Waals surface area contributed by atoms with E-state index in [0.29, 0.717) is 13.2 Å². The van der Waals surface area contributed by atoms with Crippen LogP contribution < -0.4 is 10.1 Å². The second-order valence-corrected chi connectivity index (χ2v) is 4.04. The first-order chi connectivity index (χ1) is 8.79. The van der Waals surface area contributed by atoms with Crippen molar-refractivity contribution in [3.63, 3.8) is 0 Å². The van der Waals surface area contributed by atoms with Crippen molar-refractivity contribution in [2.24, 2.45) is 7.05 Å². The van der Waals surface area contributed by atoms with E-state index in [2.05, 4.69) is 21.6 Å². The number of nitrogens with zero attached hydrogens (tertiary/aromatic N) is 3. The number of aryl methyl sites for hydroxylation is 1. The molecule has 0 amide bonds. The van der Waals surface area contributed by atoms with Crippen LogP contribution in [0.25, 0.3) is 0 Å². The van der Waals surface area contributed by atoms with E-state index >= 15 is 0 Å². The average molecular weight is 246 g/mol. The third-order valence-electron chi connectivity index (χ3n) is 2.63. The van der Waals surface area contributed by atoms with Gasteiger partial charge in [0, 0.05) is 13.6 Å². The van der Waals surface area contributed by atoms with Crippen LogP contribution in [-0.2, 0) is 20.1 Å². The number of rotatable bonds is 6. The Morgan fingerprint density at radius 3 is 2.94 bits per heavy atom. The first-order valence-corrected chi connectivity index (χ1v) is 6.05. The molecule has 1 aromatic carbocycles. The number of aromatic nitrogens is 3. The van der Waals surface area contributed by atoms with Gasteiger partial charge in [0.1, 0.15) is 17.9 Å². The second-order valence-electron chi connectivity index (χ2n) is 4.04. The van der Waals surface area contributed by atoms with E-state index in [1.54, 1.807) is 6.33 Å². The topological polar surface area (TPSA) is 52.0 Å². The van der Waals surface area contributed by atoms with Gasteiger partial charge < -0.3 is 14.6 Å². The van der Waals surface area contributed by atoms with Crippen molar-refractivity contribution in [1.29, 1.82) is 0 Å². The molecule has 0 aliphatic rings. The molecule has 0 fully saturated rings. The van der Waals surface area contributed by atoms with E-state index < -0.39 is 0 Å². The zero-order valence-electron chi connectivity index (χ0n) is 10.8. The normalized spacial score (nSPS) is 10.6. The molecular formula is C13H18N4O. The summed E-state index contributed by atoms with van der Waals surface area (Å²) in [5.74, 6) is 1.84. The van der Waals surface area contributed by atoms with E-state index in [9.17, 15) is 0 Å². The zero-order valence-corrected chi connectivity index (χ0v) is 10.8. The maximum atomic E-state index is 5.46. The molecule has 0 unspecified atom stereocenters. The van der Waals surface area contributed by atoms with E-state index in [-0.39, 0.29) is 0 Å². The molecular weight excluding hydrogens is 228 g/mol. The number of benzene rings is 1. The molecule has 1 heterocycles. The highest BCUT2D eigenvalue weighted by Gasteiger charge is 2.00. The van der Waals surface area contributed by atoms with Crippen LogP contribution in [0.5, 0.6) is 5.75 Å². The van der Waals surface area contributed by atoms with Gasteiger partial charge in [-0.2, -0.15) is 0 Å². The maximum absolute atomic E-state index is 5.46. The minimum atomic E-state index is 0.690. The predicted octanol–water partition coefficient (Wildman–Crippen LogP) is 1.50. The van der Waals surface area contributed by atoms with Crippen molar-refractivity contribution >= 4 is 0 Å². The summed E-state index contributed by atoms with van der Waals surface area (Å²) >= 11 is 0. The zero-order chi connectivity index (χ0) is 12.8. The molecule has 0 aliphatic carbocycles. The summed E-state index contributed by atoms with van der Waals surface area (Å²) in [7, 11) is 1.94. The average Bonchev–Trinajstić information content (AvgIpc) is 2.76. The fourth-order valence-electron chi connectivity index (χ4n) is 1.70. The predicted molar refractivity (Wildman–Crippen MR) is 69.2 cm³/mol. The quantitative estimate of drug-likeness (QED) is 0.839. The van der Waals surface area contributed by atoms with Gasteiger partial charge in [0.15, 0.2) is 0 Å². The van der Waals surface area contributed by atoms with Gasteiger partial charge in [-0.3, -0.25) is 0 Å². The molecule has 0 radical (unpaired) electrons. The van der Waals surface area contributed by atoms with Gasteiger partial charge in [0.2, 0.25) is 0 Å². The summed E-state index contributed by atoms with van der Waals surface area (Å²) in [6.07, 6.45) is 1.70. The lowest BCUT2D eigenvalue weighted by molar-refractivity contribution is 0.340. The van der Waals surface area contributed by atoms with Gasteiger partial charge in [-0.1, -0.05) is 12.1 Å². The Morgan fingerprint density at radius 1 is 1.33 bits per heavy atom. The van der Waals surface area contributed by atoms with Gasteiger partial charge in [0.25, 0.3) is 0 Å². The van der Waals surface area contributed by atoms with Crippen molar-refractivity contribution in [3.8, 4) is 5.75 Å². The summed E-state index contributed by atoms with van der Waals surface area (Å²) in [5.41, 5.74) is 1.20. The Morgan fingerprint density at radius 2 is 2.22 bits per heavy atom. The highest BCUT2D eigenvalue weighted by atomic mass is 16.5. The van der Waals surface area contributed by atoms with Gasteiger partial charge in [-0.15, -0.1) is 10.2 Å². The fourth-order valence-corrected chi connectivity index (χ4v) is 1.70. The molecule has 0 saturated heterocycles. The standard InChI is InChI=1S/C13H18N4O/c1-3-18-12-6-4-5-11(7-12)8-14-9-13-16-15-10-17(13)2/h4-7,10,14H,3,8-9H2,1-2H3. The van der Waals surface area contributed by atoms with E-state index in [1.807, 2.05) is 36.7 Å². The molecule has 5 heteroatoms. The van der Waals surface area contributed by atoms with Crippen LogP contribution in [0.15, 0.2) is 30.6 Å². The lowest BCUT2D eigenvalue weighted by Gasteiger charge is -2.07. The Bertz CT molecular complexity index is 495. The van der Waals surface area contributed by atoms with Crippen molar-refractivity contribution in [2.75, 3.05) is 6.61 Å². The SMILES string of the molecule is CCOc1cccc(CNCc2nncn2C)c1. The summed E-state index contributed by atoms with van der Waals surface area (Å²) in [6.45, 7) is 4.16. The van der Waals surface area contributed by atoms with Crippen LogP contribution in [-0.4, -0.2) is 21.4 Å². The highest BCUT2D eigenvalue weighted by Crippen LogP contribution is 2.13. The smallest absolute Gasteiger partial charge is 0.146 e. The summed E-state index contributed by atoms with van der Waals surface area (Å²) in [4.78, 5) is 0. The molecule has 0 spiro atoms. The Kier molecular flexibility index (Phi) is 4.30. The number of nitrogens with one attached hydrogen (secondary N) is 1. The summed E-state index contributed by atoms with van der Waals surface area (Å²) in [5, 5.41) is 11.2. The molecule has 2 aromatic rings. The minimum absolute atomic E-state index is 0.690. The van der Waals surface area contributed by atoms with Crippen molar-refractivity contribution < 1.29 is 4.74 Å². The number of hydrogen-bond donors (Lipinski definition) is 1. The van der Waals surface area contributed by atoms with Gasteiger partial charge in [0.05, 0.1) is 13.2 Å². The number of hydrogen-bond acceptors (Lipinski definition) is 4. The second kappa shape index (κ2) is 6.16. The molecule has 0 aliphatic heterocycles. The Hall–Kier alpha value is -1.88. The Labute approximate surface area is 107 Å².